The molecule has 0 aliphatic carbocycles. The van der Waals surface area contributed by atoms with Crippen molar-refractivity contribution in [1.82, 2.24) is 10.9 Å². The van der Waals surface area contributed by atoms with E-state index in [1.807, 2.05) is 6.92 Å². The van der Waals surface area contributed by atoms with Gasteiger partial charge in [-0.2, -0.15) is 0 Å². The summed E-state index contributed by atoms with van der Waals surface area (Å²) in [5.41, 5.74) is 5.48. The molecule has 0 saturated heterocycles. The van der Waals surface area contributed by atoms with Crippen molar-refractivity contribution in [1.29, 1.82) is 0 Å². The lowest BCUT2D eigenvalue weighted by atomic mass is 10.1. The largest absolute Gasteiger partial charge is 0.497 e. The summed E-state index contributed by atoms with van der Waals surface area (Å²) in [5.74, 6) is 1.30. The SMILES string of the molecule is COc1ccc(CC(=O)NNC(=O)C=Cc2ccc(C)o2)cc1. The van der Waals surface area contributed by atoms with E-state index in [-0.39, 0.29) is 12.3 Å². The quantitative estimate of drug-likeness (QED) is 0.653. The molecule has 2 rings (SSSR count). The number of ether oxygens (including phenoxy) is 1. The fourth-order valence-corrected chi connectivity index (χ4v) is 1.85. The summed E-state index contributed by atoms with van der Waals surface area (Å²) in [6.07, 6.45) is 2.97. The normalized spacial score (nSPS) is 10.5. The van der Waals surface area contributed by atoms with Gasteiger partial charge in [-0.05, 0) is 42.8 Å². The van der Waals surface area contributed by atoms with Crippen LogP contribution >= 0.6 is 0 Å². The maximum Gasteiger partial charge on any atom is 0.262 e. The van der Waals surface area contributed by atoms with Crippen LogP contribution in [0.3, 0.4) is 0 Å². The van der Waals surface area contributed by atoms with E-state index < -0.39 is 5.91 Å². The number of methoxy groups -OCH3 is 1. The van der Waals surface area contributed by atoms with E-state index in [2.05, 4.69) is 10.9 Å². The molecule has 2 N–H and O–H groups in total. The highest BCUT2D eigenvalue weighted by Gasteiger charge is 2.04. The molecule has 0 atom stereocenters. The zero-order valence-corrected chi connectivity index (χ0v) is 13.0. The smallest absolute Gasteiger partial charge is 0.262 e. The van der Waals surface area contributed by atoms with Crippen molar-refractivity contribution in [3.05, 3.63) is 59.6 Å². The van der Waals surface area contributed by atoms with Gasteiger partial charge in [0.1, 0.15) is 17.3 Å². The number of hydrogen-bond donors (Lipinski definition) is 2. The zero-order valence-electron chi connectivity index (χ0n) is 13.0. The molecule has 0 radical (unpaired) electrons. The van der Waals surface area contributed by atoms with Gasteiger partial charge in [-0.25, -0.2) is 0 Å². The Morgan fingerprint density at radius 3 is 2.48 bits per heavy atom. The first-order chi connectivity index (χ1) is 11.1. The molecule has 1 aromatic heterocycles. The Morgan fingerprint density at radius 2 is 1.87 bits per heavy atom. The summed E-state index contributed by atoms with van der Waals surface area (Å²) < 4.78 is 10.3. The van der Waals surface area contributed by atoms with Crippen molar-refractivity contribution in [2.45, 2.75) is 13.3 Å². The van der Waals surface area contributed by atoms with Crippen LogP contribution in [0.4, 0.5) is 0 Å². The first kappa shape index (κ1) is 16.4. The number of nitrogens with one attached hydrogen (secondary N) is 2. The maximum absolute atomic E-state index is 11.7. The van der Waals surface area contributed by atoms with Crippen LogP contribution in [0, 0.1) is 6.92 Å². The first-order valence-corrected chi connectivity index (χ1v) is 7.03. The number of hydrogen-bond acceptors (Lipinski definition) is 4. The van der Waals surface area contributed by atoms with Crippen LogP contribution in [0.1, 0.15) is 17.1 Å². The molecule has 1 heterocycles. The summed E-state index contributed by atoms with van der Waals surface area (Å²) in [6.45, 7) is 1.82. The molecule has 0 unspecified atom stereocenters. The van der Waals surface area contributed by atoms with E-state index >= 15 is 0 Å². The predicted octanol–water partition coefficient (Wildman–Crippen LogP) is 2.00. The molecule has 120 valence electrons. The molecule has 0 bridgehead atoms. The number of hydrazine groups is 1. The average Bonchev–Trinajstić information content (AvgIpc) is 2.97. The van der Waals surface area contributed by atoms with Gasteiger partial charge < -0.3 is 9.15 Å². The predicted molar refractivity (Wildman–Crippen MR) is 85.5 cm³/mol. The molecule has 0 aliphatic heterocycles. The minimum atomic E-state index is -0.442. The zero-order chi connectivity index (χ0) is 16.7. The van der Waals surface area contributed by atoms with Crippen LogP contribution < -0.4 is 15.6 Å². The minimum absolute atomic E-state index is 0.158. The molecular formula is C17H18N2O4. The Hall–Kier alpha value is -3.02. The second kappa shape index (κ2) is 7.84. The van der Waals surface area contributed by atoms with Gasteiger partial charge in [0.15, 0.2) is 0 Å². The molecule has 0 fully saturated rings. The van der Waals surface area contributed by atoms with Crippen LogP contribution in [-0.4, -0.2) is 18.9 Å². The lowest BCUT2D eigenvalue weighted by molar-refractivity contribution is -0.126. The van der Waals surface area contributed by atoms with E-state index in [9.17, 15) is 9.59 Å². The van der Waals surface area contributed by atoms with Gasteiger partial charge in [0.2, 0.25) is 5.91 Å². The highest BCUT2D eigenvalue weighted by Crippen LogP contribution is 2.11. The van der Waals surface area contributed by atoms with Gasteiger partial charge in [0.25, 0.3) is 5.91 Å². The Labute approximate surface area is 134 Å². The monoisotopic (exact) mass is 314 g/mol. The summed E-state index contributed by atoms with van der Waals surface area (Å²) in [6, 6.07) is 10.7. The van der Waals surface area contributed by atoms with Crippen LogP contribution in [-0.2, 0) is 16.0 Å². The van der Waals surface area contributed by atoms with Gasteiger partial charge in [-0.3, -0.25) is 20.4 Å². The molecule has 6 nitrogen and oxygen atoms in total. The second-order valence-electron chi connectivity index (χ2n) is 4.84. The molecule has 6 heteroatoms. The Kier molecular flexibility index (Phi) is 5.57. The summed E-state index contributed by atoms with van der Waals surface area (Å²) in [4.78, 5) is 23.3. The van der Waals surface area contributed by atoms with Crippen LogP contribution in [0.5, 0.6) is 5.75 Å². The third-order valence-electron chi connectivity index (χ3n) is 3.01. The third-order valence-corrected chi connectivity index (χ3v) is 3.01. The van der Waals surface area contributed by atoms with E-state index in [1.54, 1.807) is 43.5 Å². The Balaban J connectivity index is 1.76. The number of benzene rings is 1. The first-order valence-electron chi connectivity index (χ1n) is 7.03. The number of amides is 2. The Bertz CT molecular complexity index is 702. The molecule has 0 aliphatic rings. The van der Waals surface area contributed by atoms with Crippen molar-refractivity contribution in [2.75, 3.05) is 7.11 Å². The molecule has 0 spiro atoms. The van der Waals surface area contributed by atoms with Gasteiger partial charge in [0, 0.05) is 6.08 Å². The maximum atomic E-state index is 11.7. The Morgan fingerprint density at radius 1 is 1.13 bits per heavy atom. The number of carbonyl (C=O) groups excluding carboxylic acids is 2. The topological polar surface area (TPSA) is 80.6 Å². The van der Waals surface area contributed by atoms with E-state index in [0.717, 1.165) is 17.1 Å². The molecule has 23 heavy (non-hydrogen) atoms. The van der Waals surface area contributed by atoms with E-state index in [1.165, 1.54) is 12.2 Å². The lowest BCUT2D eigenvalue weighted by Gasteiger charge is -2.06. The minimum Gasteiger partial charge on any atom is -0.497 e. The van der Waals surface area contributed by atoms with Crippen molar-refractivity contribution in [2.24, 2.45) is 0 Å². The number of aryl methyl sites for hydroxylation is 1. The van der Waals surface area contributed by atoms with Crippen molar-refractivity contribution in [3.8, 4) is 5.75 Å². The fraction of sp³-hybridized carbons (Fsp3) is 0.176. The molecule has 1 aromatic carbocycles. The standard InChI is InChI=1S/C17H18N2O4/c1-12-3-6-15(23-12)9-10-16(20)18-19-17(21)11-13-4-7-14(22-2)8-5-13/h3-10H,11H2,1-2H3,(H,18,20)(H,19,21). The number of furan rings is 1. The van der Waals surface area contributed by atoms with Gasteiger partial charge in [0.05, 0.1) is 13.5 Å². The molecule has 2 aromatic rings. The highest BCUT2D eigenvalue weighted by molar-refractivity contribution is 5.93. The second-order valence-corrected chi connectivity index (χ2v) is 4.84. The third kappa shape index (κ3) is 5.35. The van der Waals surface area contributed by atoms with Gasteiger partial charge >= 0.3 is 0 Å². The van der Waals surface area contributed by atoms with Crippen molar-refractivity contribution >= 4 is 17.9 Å². The fourth-order valence-electron chi connectivity index (χ4n) is 1.85. The lowest BCUT2D eigenvalue weighted by Crippen LogP contribution is -2.41. The van der Waals surface area contributed by atoms with Gasteiger partial charge in [-0.1, -0.05) is 12.1 Å². The van der Waals surface area contributed by atoms with E-state index in [4.69, 9.17) is 9.15 Å². The van der Waals surface area contributed by atoms with Crippen LogP contribution in [0.2, 0.25) is 0 Å². The van der Waals surface area contributed by atoms with Crippen LogP contribution in [0.15, 0.2) is 46.9 Å². The van der Waals surface area contributed by atoms with Crippen molar-refractivity contribution in [3.63, 3.8) is 0 Å². The van der Waals surface area contributed by atoms with Crippen LogP contribution in [0.25, 0.3) is 6.08 Å². The number of carbonyl (C=O) groups is 2. The molecule has 2 amide bonds. The highest BCUT2D eigenvalue weighted by atomic mass is 16.5. The molecule has 0 saturated carbocycles. The van der Waals surface area contributed by atoms with E-state index in [0.29, 0.717) is 5.76 Å². The van der Waals surface area contributed by atoms with Gasteiger partial charge in [-0.15, -0.1) is 0 Å². The van der Waals surface area contributed by atoms with Crippen molar-refractivity contribution < 1.29 is 18.7 Å². The summed E-state index contributed by atoms with van der Waals surface area (Å²) in [5, 5.41) is 0. The number of rotatable bonds is 5. The summed E-state index contributed by atoms with van der Waals surface area (Å²) >= 11 is 0. The summed E-state index contributed by atoms with van der Waals surface area (Å²) in [7, 11) is 1.58. The average molecular weight is 314 g/mol. The molecular weight excluding hydrogens is 296 g/mol.